The molecule has 0 rings (SSSR count). The van der Waals surface area contributed by atoms with Crippen LogP contribution in [0, 0.1) is 0 Å². The first kappa shape index (κ1) is 6.39. The van der Waals surface area contributed by atoms with Crippen molar-refractivity contribution < 1.29 is 0 Å². The molecule has 6 heavy (non-hydrogen) atoms. The largest absolute Gasteiger partial charge is 0.159 e. The van der Waals surface area contributed by atoms with E-state index in [9.17, 15) is 0 Å². The van der Waals surface area contributed by atoms with E-state index >= 15 is 0 Å². The average Bonchev–Trinajstić information content (AvgIpc) is 1.36. The smallest absolute Gasteiger partial charge is 0.0380 e. The first-order chi connectivity index (χ1) is 2.64. The fourth-order valence-corrected chi connectivity index (χ4v) is 0. The van der Waals surface area contributed by atoms with Crippen molar-refractivity contribution in [1.82, 2.24) is 0 Å². The maximum Gasteiger partial charge on any atom is -0.0380 e. The SMILES string of the molecule is [B]B([BH3-])B([B])[BH3-]. The lowest BCUT2D eigenvalue weighted by Gasteiger charge is -2.13. The molecular formula is H6B6-2. The van der Waals surface area contributed by atoms with Gasteiger partial charge in [0.25, 0.3) is 0 Å². The predicted octanol–water partition coefficient (Wildman–Crippen LogP) is -3.89. The van der Waals surface area contributed by atoms with Crippen LogP contribution in [-0.2, 0) is 0 Å². The Morgan fingerprint density at radius 1 is 1.00 bits per heavy atom. The van der Waals surface area contributed by atoms with E-state index in [0.717, 1.165) is 0 Å². The van der Waals surface area contributed by atoms with Crippen molar-refractivity contribution in [3.63, 3.8) is 0 Å². The van der Waals surface area contributed by atoms with E-state index in [4.69, 9.17) is 15.5 Å². The van der Waals surface area contributed by atoms with Crippen molar-refractivity contribution in [1.29, 1.82) is 0 Å². The molecule has 0 bridgehead atoms. The molecule has 0 aliphatic carbocycles. The maximum absolute atomic E-state index is 5.48. The van der Waals surface area contributed by atoms with Crippen LogP contribution in [0.2, 0.25) is 0 Å². The molecule has 0 aromatic carbocycles. The Bertz CT molecular complexity index is 21.0. The van der Waals surface area contributed by atoms with Gasteiger partial charge in [0, 0.05) is 0 Å². The Labute approximate surface area is 44.5 Å². The minimum atomic E-state index is 0.359. The van der Waals surface area contributed by atoms with E-state index < -0.39 is 0 Å². The van der Waals surface area contributed by atoms with Crippen LogP contribution < -0.4 is 0 Å². The molecule has 0 nitrogen and oxygen atoms in total. The second kappa shape index (κ2) is 2.54. The molecule has 4 radical (unpaired) electrons. The average molecular weight is 70.9 g/mol. The Balaban J connectivity index is 2.99. The summed E-state index contributed by atoms with van der Waals surface area (Å²) in [4.78, 5) is 0. The molecule has 0 amide bonds. The minimum absolute atomic E-state index is 0.359. The molecule has 0 heterocycles. The lowest BCUT2D eigenvalue weighted by Crippen LogP contribution is -2.38. The summed E-state index contributed by atoms with van der Waals surface area (Å²) in [6, 6.07) is 0. The molecule has 0 saturated carbocycles. The lowest BCUT2D eigenvalue weighted by atomic mass is 8.81. The number of rotatable bonds is 1. The zero-order valence-corrected chi connectivity index (χ0v) is 2.31. The van der Waals surface area contributed by atoms with Crippen molar-refractivity contribution >= 4 is 43.7 Å². The summed E-state index contributed by atoms with van der Waals surface area (Å²) in [6.07, 6.45) is 0.981. The van der Waals surface area contributed by atoms with Gasteiger partial charge in [0.1, 0.15) is 0 Å². The van der Waals surface area contributed by atoms with E-state index in [-0.39, 0.29) is 0 Å². The second-order valence-electron chi connectivity index (χ2n) is 0.385. The molecule has 0 unspecified atom stereocenters. The quantitative estimate of drug-likeness (QED) is 0.277. The summed E-state index contributed by atoms with van der Waals surface area (Å²) >= 11 is 0. The van der Waals surface area contributed by atoms with Gasteiger partial charge in [-0.3, -0.25) is 0 Å². The van der Waals surface area contributed by atoms with Crippen LogP contribution in [0.4, 0.5) is 0 Å². The molecule has 0 atom stereocenters. The Hall–Kier alpha value is 0.390. The van der Waals surface area contributed by atoms with Gasteiger partial charge in [0.2, 0.25) is 0 Å². The molecule has 0 saturated heterocycles. The van der Waals surface area contributed by atoms with E-state index in [1.165, 1.54) is 0 Å². The molecule has 0 fully saturated rings. The predicted molar refractivity (Wildman–Crippen MR) is 42.9 cm³/mol. The molecule has 0 aromatic rings. The van der Waals surface area contributed by atoms with Crippen molar-refractivity contribution in [2.75, 3.05) is 0 Å². The minimum Gasteiger partial charge on any atom is -0.159 e. The van der Waals surface area contributed by atoms with Gasteiger partial charge in [-0.25, -0.2) is 0 Å². The summed E-state index contributed by atoms with van der Waals surface area (Å²) in [7, 11) is 11.7. The van der Waals surface area contributed by atoms with Crippen molar-refractivity contribution in [2.24, 2.45) is 0 Å². The van der Waals surface area contributed by atoms with Crippen LogP contribution in [0.3, 0.4) is 0 Å². The zero-order chi connectivity index (χ0) is 5.15. The fraction of sp³-hybridized carbons (Fsp3) is 0. The summed E-state index contributed by atoms with van der Waals surface area (Å²) < 4.78 is 0. The van der Waals surface area contributed by atoms with E-state index in [0.29, 0.717) is 28.2 Å². The fourth-order valence-electron chi connectivity index (χ4n) is 0. The van der Waals surface area contributed by atoms with Gasteiger partial charge < -0.3 is 0 Å². The summed E-state index contributed by atoms with van der Waals surface area (Å²) in [5.41, 5.74) is 0. The van der Waals surface area contributed by atoms with Gasteiger partial charge >= 0.3 is 0 Å². The molecule has 0 aliphatic heterocycles. The van der Waals surface area contributed by atoms with Crippen molar-refractivity contribution in [3.8, 4) is 0 Å². The Morgan fingerprint density at radius 2 is 1.17 bits per heavy atom. The molecule has 0 aliphatic rings. The standard InChI is InChI=1S/B6H6/c1-5(2)6(3)4/h1,3H3/q-2. The monoisotopic (exact) mass is 72.1 g/mol. The third-order valence-corrected chi connectivity index (χ3v) is 0.111. The Kier molecular flexibility index (Phi) is 2.71. The van der Waals surface area contributed by atoms with E-state index in [2.05, 4.69) is 0 Å². The number of hydrogen-bond acceptors (Lipinski definition) is 0. The topological polar surface area (TPSA) is 0 Å². The first-order valence-corrected chi connectivity index (χ1v) is 1.00. The summed E-state index contributed by atoms with van der Waals surface area (Å²) in [5, 5.41) is 0. The molecule has 26 valence electrons. The van der Waals surface area contributed by atoms with Crippen LogP contribution in [0.25, 0.3) is 0 Å². The third kappa shape index (κ3) is 2.62. The number of hydrogen-bond donors (Lipinski definition) is 0. The molecule has 0 N–H and O–H groups in total. The van der Waals surface area contributed by atoms with Crippen molar-refractivity contribution in [3.05, 3.63) is 0 Å². The Morgan fingerprint density at radius 3 is 1.17 bits per heavy atom. The van der Waals surface area contributed by atoms with Gasteiger partial charge in [-0.2, -0.15) is 12.8 Å². The lowest BCUT2D eigenvalue weighted by molar-refractivity contribution is 3.76. The highest BCUT2D eigenvalue weighted by Crippen LogP contribution is 1.62. The van der Waals surface area contributed by atoms with Crippen LogP contribution in [0.5, 0.6) is 0 Å². The maximum atomic E-state index is 5.48. The molecule has 6 heteroatoms. The van der Waals surface area contributed by atoms with Crippen LogP contribution in [0.1, 0.15) is 0 Å². The third-order valence-electron chi connectivity index (χ3n) is 0.111. The van der Waals surface area contributed by atoms with Gasteiger partial charge in [-0.15, -0.1) is 0 Å². The first-order valence-electron chi connectivity index (χ1n) is 1.00. The summed E-state index contributed by atoms with van der Waals surface area (Å²) in [5.74, 6) is 0. The van der Waals surface area contributed by atoms with Gasteiger partial charge in [-0.1, -0.05) is 15.5 Å². The zero-order valence-electron chi connectivity index (χ0n) is 2.31. The van der Waals surface area contributed by atoms with Crippen LogP contribution >= 0.6 is 0 Å². The van der Waals surface area contributed by atoms with Crippen molar-refractivity contribution in [2.45, 2.75) is 0 Å². The van der Waals surface area contributed by atoms with E-state index in [1.807, 2.05) is 0 Å². The normalized spacial score (nSPS) is 7.67. The van der Waals surface area contributed by atoms with Gasteiger partial charge in [-0.05, 0) is 15.5 Å². The van der Waals surface area contributed by atoms with Gasteiger partial charge in [0.15, 0.2) is 0 Å². The summed E-state index contributed by atoms with van der Waals surface area (Å²) in [6.45, 7) is 0. The molecular weight excluding hydrogens is 64.9 g/mol. The second-order valence-corrected chi connectivity index (χ2v) is 0.385. The van der Waals surface area contributed by atoms with Crippen LogP contribution in [0.15, 0.2) is 0 Å². The molecule has 0 aromatic heterocycles. The highest BCUT2D eigenvalue weighted by atomic mass is 12.8. The molecule has 0 spiro atoms. The van der Waals surface area contributed by atoms with Crippen LogP contribution in [-0.4, -0.2) is 43.7 Å². The highest BCUT2D eigenvalue weighted by Gasteiger charge is 1.88. The van der Waals surface area contributed by atoms with Gasteiger partial charge in [0.05, 0.1) is 0 Å². The van der Waals surface area contributed by atoms with E-state index in [1.54, 1.807) is 0 Å². The highest BCUT2D eigenvalue weighted by molar-refractivity contribution is 7.76.